The van der Waals surface area contributed by atoms with E-state index in [1.165, 1.54) is 0 Å². The zero-order valence-electron chi connectivity index (χ0n) is 11.2. The minimum atomic E-state index is 0.638. The summed E-state index contributed by atoms with van der Waals surface area (Å²) in [6.45, 7) is 4.54. The molecule has 2 N–H and O–H groups in total. The first-order valence-electron chi connectivity index (χ1n) is 6.17. The van der Waals surface area contributed by atoms with Gasteiger partial charge >= 0.3 is 0 Å². The van der Waals surface area contributed by atoms with Gasteiger partial charge in [-0.25, -0.2) is 15.0 Å². The lowest BCUT2D eigenvalue weighted by Gasteiger charge is -2.07. The molecule has 3 aromatic heterocycles. The Balaban J connectivity index is 1.94. The van der Waals surface area contributed by atoms with E-state index in [-0.39, 0.29) is 0 Å². The van der Waals surface area contributed by atoms with Crippen LogP contribution in [0.1, 0.15) is 17.3 Å². The Kier molecular flexibility index (Phi) is 2.70. The third-order valence-corrected chi connectivity index (χ3v) is 3.07. The zero-order chi connectivity index (χ0) is 13.4. The SMILES string of the molecule is Cc1nc(NCc2nccn2C)c2cc(C)[nH]c2n1. The van der Waals surface area contributed by atoms with Crippen LogP contribution in [0.5, 0.6) is 0 Å². The quantitative estimate of drug-likeness (QED) is 0.751. The van der Waals surface area contributed by atoms with Crippen LogP contribution in [-0.2, 0) is 13.6 Å². The number of hydrogen-bond acceptors (Lipinski definition) is 4. The molecular formula is C13H16N6. The normalized spacial score (nSPS) is 11.1. The summed E-state index contributed by atoms with van der Waals surface area (Å²) in [5.74, 6) is 2.56. The molecule has 98 valence electrons. The highest BCUT2D eigenvalue weighted by atomic mass is 15.1. The predicted molar refractivity (Wildman–Crippen MR) is 73.9 cm³/mol. The van der Waals surface area contributed by atoms with Crippen LogP contribution in [0.3, 0.4) is 0 Å². The number of fused-ring (bicyclic) bond motifs is 1. The Morgan fingerprint density at radius 3 is 2.89 bits per heavy atom. The van der Waals surface area contributed by atoms with Crippen molar-refractivity contribution in [3.63, 3.8) is 0 Å². The lowest BCUT2D eigenvalue weighted by atomic mass is 10.3. The van der Waals surface area contributed by atoms with Crippen molar-refractivity contribution in [1.82, 2.24) is 24.5 Å². The third-order valence-electron chi connectivity index (χ3n) is 3.07. The van der Waals surface area contributed by atoms with Gasteiger partial charge in [-0.1, -0.05) is 0 Å². The Morgan fingerprint density at radius 2 is 2.16 bits per heavy atom. The smallest absolute Gasteiger partial charge is 0.143 e. The Hall–Kier alpha value is -2.37. The van der Waals surface area contributed by atoms with E-state index < -0.39 is 0 Å². The third kappa shape index (κ3) is 2.16. The second-order valence-corrected chi connectivity index (χ2v) is 4.64. The minimum Gasteiger partial charge on any atom is -0.362 e. The molecule has 0 spiro atoms. The lowest BCUT2D eigenvalue weighted by Crippen LogP contribution is -2.08. The molecule has 0 aliphatic carbocycles. The maximum Gasteiger partial charge on any atom is 0.143 e. The first-order chi connectivity index (χ1) is 9.13. The van der Waals surface area contributed by atoms with Crippen molar-refractivity contribution in [2.75, 3.05) is 5.32 Å². The summed E-state index contributed by atoms with van der Waals surface area (Å²) in [6, 6.07) is 2.05. The van der Waals surface area contributed by atoms with Gasteiger partial charge in [0, 0.05) is 25.1 Å². The number of nitrogens with zero attached hydrogens (tertiary/aromatic N) is 4. The number of rotatable bonds is 3. The standard InChI is InChI=1S/C13H16N6/c1-8-6-10-12(17-9(2)18-13(10)16-8)15-7-11-14-4-5-19(11)3/h4-6H,7H2,1-3H3,(H2,15,16,17,18). The number of aryl methyl sites for hydroxylation is 3. The van der Waals surface area contributed by atoms with Crippen LogP contribution in [0.4, 0.5) is 5.82 Å². The van der Waals surface area contributed by atoms with Crippen LogP contribution in [0.25, 0.3) is 11.0 Å². The molecule has 0 bridgehead atoms. The van der Waals surface area contributed by atoms with Gasteiger partial charge < -0.3 is 14.9 Å². The number of nitrogens with one attached hydrogen (secondary N) is 2. The number of hydrogen-bond donors (Lipinski definition) is 2. The van der Waals surface area contributed by atoms with E-state index >= 15 is 0 Å². The van der Waals surface area contributed by atoms with Gasteiger partial charge in [-0.15, -0.1) is 0 Å². The summed E-state index contributed by atoms with van der Waals surface area (Å²) in [7, 11) is 1.98. The molecule has 0 amide bonds. The molecule has 0 aliphatic rings. The molecule has 3 aromatic rings. The van der Waals surface area contributed by atoms with E-state index in [2.05, 4.69) is 31.3 Å². The summed E-state index contributed by atoms with van der Waals surface area (Å²) in [4.78, 5) is 16.4. The highest BCUT2D eigenvalue weighted by Crippen LogP contribution is 2.21. The van der Waals surface area contributed by atoms with Crippen LogP contribution < -0.4 is 5.32 Å². The van der Waals surface area contributed by atoms with Crippen LogP contribution in [0.2, 0.25) is 0 Å². The van der Waals surface area contributed by atoms with Crippen molar-refractivity contribution >= 4 is 16.9 Å². The van der Waals surface area contributed by atoms with Crippen LogP contribution in [0.15, 0.2) is 18.5 Å². The van der Waals surface area contributed by atoms with Gasteiger partial charge in [0.2, 0.25) is 0 Å². The van der Waals surface area contributed by atoms with Gasteiger partial charge in [0.1, 0.15) is 23.1 Å². The van der Waals surface area contributed by atoms with Gasteiger partial charge in [-0.05, 0) is 19.9 Å². The molecule has 0 radical (unpaired) electrons. The molecule has 3 rings (SSSR count). The molecule has 0 unspecified atom stereocenters. The molecule has 0 aromatic carbocycles. The van der Waals surface area contributed by atoms with E-state index in [4.69, 9.17) is 0 Å². The number of H-pyrrole nitrogens is 1. The summed E-state index contributed by atoms with van der Waals surface area (Å²) in [5.41, 5.74) is 1.95. The maximum atomic E-state index is 4.46. The Morgan fingerprint density at radius 1 is 1.32 bits per heavy atom. The van der Waals surface area contributed by atoms with Gasteiger partial charge in [0.25, 0.3) is 0 Å². The van der Waals surface area contributed by atoms with Crippen molar-refractivity contribution in [2.24, 2.45) is 7.05 Å². The Labute approximate surface area is 110 Å². The van der Waals surface area contributed by atoms with E-state index in [0.29, 0.717) is 6.54 Å². The van der Waals surface area contributed by atoms with Crippen LogP contribution in [-0.4, -0.2) is 24.5 Å². The lowest BCUT2D eigenvalue weighted by molar-refractivity contribution is 0.810. The number of aromatic amines is 1. The minimum absolute atomic E-state index is 0.638. The molecule has 3 heterocycles. The van der Waals surface area contributed by atoms with Gasteiger partial charge in [0.05, 0.1) is 11.9 Å². The topological polar surface area (TPSA) is 71.4 Å². The highest BCUT2D eigenvalue weighted by Gasteiger charge is 2.09. The van der Waals surface area contributed by atoms with E-state index in [0.717, 1.165) is 34.2 Å². The van der Waals surface area contributed by atoms with Gasteiger partial charge in [-0.2, -0.15) is 0 Å². The molecule has 6 heteroatoms. The Bertz CT molecular complexity index is 724. The van der Waals surface area contributed by atoms with Crippen LogP contribution >= 0.6 is 0 Å². The maximum absolute atomic E-state index is 4.46. The molecule has 0 aliphatic heterocycles. The number of aromatic nitrogens is 5. The molecule has 0 atom stereocenters. The van der Waals surface area contributed by atoms with E-state index in [1.807, 2.05) is 31.7 Å². The summed E-state index contributed by atoms with van der Waals surface area (Å²) < 4.78 is 1.99. The number of anilines is 1. The van der Waals surface area contributed by atoms with Crippen molar-refractivity contribution in [1.29, 1.82) is 0 Å². The summed E-state index contributed by atoms with van der Waals surface area (Å²) in [5, 5.41) is 4.34. The molecule has 0 fully saturated rings. The fourth-order valence-electron chi connectivity index (χ4n) is 2.12. The molecule has 6 nitrogen and oxygen atoms in total. The highest BCUT2D eigenvalue weighted by molar-refractivity contribution is 5.87. The van der Waals surface area contributed by atoms with Crippen LogP contribution in [0, 0.1) is 13.8 Å². The largest absolute Gasteiger partial charge is 0.362 e. The van der Waals surface area contributed by atoms with E-state index in [1.54, 1.807) is 6.20 Å². The summed E-state index contributed by atoms with van der Waals surface area (Å²) in [6.07, 6.45) is 3.72. The van der Waals surface area contributed by atoms with Crippen molar-refractivity contribution in [3.8, 4) is 0 Å². The average Bonchev–Trinajstić information content (AvgIpc) is 2.91. The molecular weight excluding hydrogens is 240 g/mol. The number of imidazole rings is 1. The molecule has 0 saturated heterocycles. The second-order valence-electron chi connectivity index (χ2n) is 4.64. The second kappa shape index (κ2) is 4.38. The van der Waals surface area contributed by atoms with Crippen molar-refractivity contribution in [2.45, 2.75) is 20.4 Å². The molecule has 19 heavy (non-hydrogen) atoms. The molecule has 0 saturated carbocycles. The fraction of sp³-hybridized carbons (Fsp3) is 0.308. The first-order valence-corrected chi connectivity index (χ1v) is 6.17. The summed E-state index contributed by atoms with van der Waals surface area (Å²) >= 11 is 0. The van der Waals surface area contributed by atoms with E-state index in [9.17, 15) is 0 Å². The van der Waals surface area contributed by atoms with Gasteiger partial charge in [-0.3, -0.25) is 0 Å². The van der Waals surface area contributed by atoms with Gasteiger partial charge in [0.15, 0.2) is 0 Å². The zero-order valence-corrected chi connectivity index (χ0v) is 11.2. The van der Waals surface area contributed by atoms with Crippen molar-refractivity contribution in [3.05, 3.63) is 35.8 Å². The predicted octanol–water partition coefficient (Wildman–Crippen LogP) is 1.92. The van der Waals surface area contributed by atoms with Crippen molar-refractivity contribution < 1.29 is 0 Å². The first kappa shape index (κ1) is 11.7. The monoisotopic (exact) mass is 256 g/mol. The average molecular weight is 256 g/mol. The fourth-order valence-corrected chi connectivity index (χ4v) is 2.12.